The molecule has 0 rings (SSSR count). The molecule has 3 heteroatoms. The number of alkyl halides is 1. The number of halogens is 1. The molecule has 0 saturated heterocycles. The molecule has 0 radical (unpaired) electrons. The average Bonchev–Trinajstić information content (AvgIpc) is 2.14. The summed E-state index contributed by atoms with van der Waals surface area (Å²) in [6, 6.07) is 0. The van der Waals surface area contributed by atoms with Crippen molar-refractivity contribution in [2.45, 2.75) is 26.7 Å². The maximum absolute atomic E-state index is 11.4. The second-order valence-corrected chi connectivity index (χ2v) is 3.82. The number of carbonyl (C=O) groups excluding carboxylic acids is 1. The topological polar surface area (TPSA) is 20.3 Å². The molecule has 0 spiro atoms. The molecule has 13 heavy (non-hydrogen) atoms. The fourth-order valence-corrected chi connectivity index (χ4v) is 1.46. The van der Waals surface area contributed by atoms with Gasteiger partial charge in [0.2, 0.25) is 5.91 Å². The average molecular weight is 295 g/mol. The van der Waals surface area contributed by atoms with E-state index in [0.29, 0.717) is 0 Å². The number of unbranched alkanes of at least 4 members (excludes halogenated alkanes) is 1. The van der Waals surface area contributed by atoms with Crippen molar-refractivity contribution in [3.63, 3.8) is 0 Å². The van der Waals surface area contributed by atoms with E-state index in [1.54, 1.807) is 6.08 Å². The van der Waals surface area contributed by atoms with Gasteiger partial charge in [0.25, 0.3) is 0 Å². The Balaban J connectivity index is 3.76. The van der Waals surface area contributed by atoms with E-state index in [2.05, 4.69) is 22.6 Å². The molecule has 0 unspecified atom stereocenters. The molecule has 0 saturated carbocycles. The zero-order valence-electron chi connectivity index (χ0n) is 8.42. The van der Waals surface area contributed by atoms with Crippen LogP contribution in [0.4, 0.5) is 0 Å². The third-order valence-electron chi connectivity index (χ3n) is 1.84. The van der Waals surface area contributed by atoms with Gasteiger partial charge in [-0.2, -0.15) is 0 Å². The maximum Gasteiger partial charge on any atom is 0.246 e. The molecule has 0 aliphatic heterocycles. The van der Waals surface area contributed by atoms with Gasteiger partial charge in [-0.1, -0.05) is 28.7 Å². The Morgan fingerprint density at radius 1 is 1.38 bits per heavy atom. The van der Waals surface area contributed by atoms with Crippen LogP contribution < -0.4 is 0 Å². The Morgan fingerprint density at radius 2 is 2.00 bits per heavy atom. The Kier molecular flexibility index (Phi) is 8.49. The Hall–Kier alpha value is -0.0600. The summed E-state index contributed by atoms with van der Waals surface area (Å²) in [4.78, 5) is 13.2. The Labute approximate surface area is 94.5 Å². The molecule has 0 aromatic carbocycles. The van der Waals surface area contributed by atoms with Gasteiger partial charge in [-0.15, -0.1) is 0 Å². The molecule has 0 bridgehead atoms. The minimum absolute atomic E-state index is 0.137. The first-order valence-corrected chi connectivity index (χ1v) is 6.30. The normalized spacial score (nSPS) is 10.7. The van der Waals surface area contributed by atoms with Gasteiger partial charge in [0.1, 0.15) is 0 Å². The fraction of sp³-hybridized carbons (Fsp3) is 0.700. The molecule has 0 aromatic rings. The van der Waals surface area contributed by atoms with Crippen molar-refractivity contribution >= 4 is 28.5 Å². The number of hydrogen-bond acceptors (Lipinski definition) is 1. The van der Waals surface area contributed by atoms with E-state index in [-0.39, 0.29) is 5.91 Å². The lowest BCUT2D eigenvalue weighted by Gasteiger charge is -2.15. The molecular weight excluding hydrogens is 277 g/mol. The lowest BCUT2D eigenvalue weighted by molar-refractivity contribution is -0.125. The largest absolute Gasteiger partial charge is 0.340 e. The van der Waals surface area contributed by atoms with Crippen LogP contribution in [0.25, 0.3) is 0 Å². The summed E-state index contributed by atoms with van der Waals surface area (Å²) in [7, 11) is 0. The highest BCUT2D eigenvalue weighted by Crippen LogP contribution is 1.97. The lowest BCUT2D eigenvalue weighted by Crippen LogP contribution is -2.28. The zero-order valence-corrected chi connectivity index (χ0v) is 10.6. The number of likely N-dealkylation sites (N-methyl/N-ethyl adjacent to an activating group) is 1. The first-order chi connectivity index (χ1) is 6.26. The molecule has 1 amide bonds. The van der Waals surface area contributed by atoms with Gasteiger partial charge in [-0.3, -0.25) is 4.79 Å². The van der Waals surface area contributed by atoms with Gasteiger partial charge in [0, 0.05) is 13.1 Å². The van der Waals surface area contributed by atoms with E-state index in [1.165, 1.54) is 0 Å². The number of rotatable bonds is 6. The van der Waals surface area contributed by atoms with Crippen LogP contribution in [0.3, 0.4) is 0 Å². The predicted molar refractivity (Wildman–Crippen MR) is 65.2 cm³/mol. The Bertz CT molecular complexity index is 164. The molecule has 0 aromatic heterocycles. The summed E-state index contributed by atoms with van der Waals surface area (Å²) in [6.45, 7) is 5.60. The van der Waals surface area contributed by atoms with Crippen molar-refractivity contribution < 1.29 is 4.79 Å². The van der Waals surface area contributed by atoms with E-state index in [9.17, 15) is 4.79 Å². The van der Waals surface area contributed by atoms with Crippen molar-refractivity contribution in [2.24, 2.45) is 0 Å². The first kappa shape index (κ1) is 12.9. The van der Waals surface area contributed by atoms with E-state index in [1.807, 2.05) is 24.8 Å². The van der Waals surface area contributed by atoms with Crippen LogP contribution in [0.1, 0.15) is 26.7 Å². The van der Waals surface area contributed by atoms with Gasteiger partial charge in [0.05, 0.1) is 0 Å². The van der Waals surface area contributed by atoms with Crippen molar-refractivity contribution in [3.05, 3.63) is 12.2 Å². The SMILES string of the molecule is CCN(CC)C(=O)/C=C\CCCI. The molecule has 0 aliphatic rings. The molecule has 0 aliphatic carbocycles. The monoisotopic (exact) mass is 295 g/mol. The Morgan fingerprint density at radius 3 is 2.46 bits per heavy atom. The molecule has 2 nitrogen and oxygen atoms in total. The number of carbonyl (C=O) groups is 1. The molecular formula is C10H18INO. The number of hydrogen-bond donors (Lipinski definition) is 0. The summed E-state index contributed by atoms with van der Waals surface area (Å²) >= 11 is 2.34. The van der Waals surface area contributed by atoms with Crippen LogP contribution in [0.15, 0.2) is 12.2 Å². The highest BCUT2D eigenvalue weighted by Gasteiger charge is 2.03. The summed E-state index contributed by atoms with van der Waals surface area (Å²) in [5, 5.41) is 0. The van der Waals surface area contributed by atoms with Crippen molar-refractivity contribution in [2.75, 3.05) is 17.5 Å². The smallest absolute Gasteiger partial charge is 0.246 e. The third kappa shape index (κ3) is 6.07. The fourth-order valence-electron chi connectivity index (χ4n) is 1.02. The van der Waals surface area contributed by atoms with Crippen molar-refractivity contribution in [3.8, 4) is 0 Å². The van der Waals surface area contributed by atoms with Crippen LogP contribution in [0.5, 0.6) is 0 Å². The lowest BCUT2D eigenvalue weighted by atomic mass is 10.3. The molecule has 76 valence electrons. The minimum atomic E-state index is 0.137. The van der Waals surface area contributed by atoms with Crippen LogP contribution in [0, 0.1) is 0 Å². The van der Waals surface area contributed by atoms with Crippen LogP contribution in [-0.2, 0) is 4.79 Å². The van der Waals surface area contributed by atoms with Gasteiger partial charge in [-0.05, 0) is 37.2 Å². The van der Waals surface area contributed by atoms with E-state index >= 15 is 0 Å². The molecule has 0 heterocycles. The second kappa shape index (κ2) is 8.53. The number of allylic oxidation sites excluding steroid dienone is 1. The first-order valence-electron chi connectivity index (χ1n) is 4.77. The highest BCUT2D eigenvalue weighted by atomic mass is 127. The van der Waals surface area contributed by atoms with Gasteiger partial charge in [0.15, 0.2) is 0 Å². The molecule has 0 atom stereocenters. The summed E-state index contributed by atoms with van der Waals surface area (Å²) < 4.78 is 1.15. The maximum atomic E-state index is 11.4. The van der Waals surface area contributed by atoms with Crippen LogP contribution >= 0.6 is 22.6 Å². The van der Waals surface area contributed by atoms with E-state index in [4.69, 9.17) is 0 Å². The molecule has 0 N–H and O–H groups in total. The van der Waals surface area contributed by atoms with Gasteiger partial charge in [-0.25, -0.2) is 0 Å². The summed E-state index contributed by atoms with van der Waals surface area (Å²) in [5.74, 6) is 0.137. The van der Waals surface area contributed by atoms with Crippen LogP contribution in [0.2, 0.25) is 0 Å². The standard InChI is InChI=1S/C10H18INO/c1-3-12(4-2)10(13)8-6-5-7-9-11/h6,8H,3-5,7,9H2,1-2H3/b8-6-. The minimum Gasteiger partial charge on any atom is -0.340 e. The van der Waals surface area contributed by atoms with Crippen molar-refractivity contribution in [1.82, 2.24) is 4.90 Å². The zero-order chi connectivity index (χ0) is 10.1. The van der Waals surface area contributed by atoms with Gasteiger partial charge < -0.3 is 4.90 Å². The molecule has 0 fully saturated rings. The number of nitrogens with zero attached hydrogens (tertiary/aromatic N) is 1. The number of amides is 1. The van der Waals surface area contributed by atoms with E-state index in [0.717, 1.165) is 30.4 Å². The second-order valence-electron chi connectivity index (χ2n) is 2.74. The van der Waals surface area contributed by atoms with Crippen LogP contribution in [-0.4, -0.2) is 28.3 Å². The van der Waals surface area contributed by atoms with E-state index < -0.39 is 0 Å². The quantitative estimate of drug-likeness (QED) is 0.319. The summed E-state index contributed by atoms with van der Waals surface area (Å²) in [5.41, 5.74) is 0. The summed E-state index contributed by atoms with van der Waals surface area (Å²) in [6.07, 6.45) is 5.83. The van der Waals surface area contributed by atoms with Gasteiger partial charge >= 0.3 is 0 Å². The van der Waals surface area contributed by atoms with Crippen molar-refractivity contribution in [1.29, 1.82) is 0 Å². The predicted octanol–water partition coefficient (Wildman–Crippen LogP) is 2.63. The third-order valence-corrected chi connectivity index (χ3v) is 2.60. The highest BCUT2D eigenvalue weighted by molar-refractivity contribution is 14.1.